The Balaban J connectivity index is 2.77. The van der Waals surface area contributed by atoms with Crippen LogP contribution in [0.3, 0.4) is 0 Å². The molecule has 1 rings (SSSR count). The Morgan fingerprint density at radius 3 is 2.50 bits per heavy atom. The molecule has 0 unspecified atom stereocenters. The van der Waals surface area contributed by atoms with Crippen LogP contribution in [0.1, 0.15) is 15.9 Å². The topological polar surface area (TPSA) is 44.8 Å². The summed E-state index contributed by atoms with van der Waals surface area (Å²) in [5, 5.41) is 0. The molecule has 0 spiro atoms. The van der Waals surface area contributed by atoms with E-state index in [0.717, 1.165) is 11.8 Å². The molecule has 98 valence electrons. The number of aldehydes is 1. The molecule has 0 aliphatic heterocycles. The van der Waals surface area contributed by atoms with Crippen LogP contribution in [0, 0.1) is 0 Å². The van der Waals surface area contributed by atoms with Crippen LogP contribution < -0.4 is 4.74 Å². The van der Waals surface area contributed by atoms with E-state index in [4.69, 9.17) is 14.2 Å². The van der Waals surface area contributed by atoms with Gasteiger partial charge in [0.25, 0.3) is 0 Å². The van der Waals surface area contributed by atoms with E-state index in [-0.39, 0.29) is 0 Å². The second-order valence-electron chi connectivity index (χ2n) is 3.65. The van der Waals surface area contributed by atoms with E-state index in [1.165, 1.54) is 0 Å². The number of carbonyl (C=O) groups is 1. The molecule has 0 saturated heterocycles. The first-order valence-electron chi connectivity index (χ1n) is 5.67. The lowest BCUT2D eigenvalue weighted by molar-refractivity contribution is 0.112. The zero-order valence-electron chi connectivity index (χ0n) is 10.7. The minimum absolute atomic E-state index is 0.458. The van der Waals surface area contributed by atoms with Crippen LogP contribution in [0.5, 0.6) is 5.75 Å². The highest BCUT2D eigenvalue weighted by molar-refractivity contribution is 5.77. The van der Waals surface area contributed by atoms with Gasteiger partial charge in [-0.15, -0.1) is 0 Å². The van der Waals surface area contributed by atoms with Crippen LogP contribution >= 0.6 is 0 Å². The lowest BCUT2D eigenvalue weighted by atomic mass is 10.1. The van der Waals surface area contributed by atoms with Gasteiger partial charge in [-0.25, -0.2) is 0 Å². The van der Waals surface area contributed by atoms with Crippen LogP contribution in [0.25, 0.3) is 6.08 Å². The Morgan fingerprint density at radius 2 is 1.83 bits per heavy atom. The Hall–Kier alpha value is -1.65. The SMILES string of the molecule is COCC=Cc1cc(C=O)cc(OCCOC)c1. The predicted molar refractivity (Wildman–Crippen MR) is 70.1 cm³/mol. The fourth-order valence-corrected chi connectivity index (χ4v) is 1.42. The van der Waals surface area contributed by atoms with E-state index < -0.39 is 0 Å². The van der Waals surface area contributed by atoms with Gasteiger partial charge in [0.2, 0.25) is 0 Å². The van der Waals surface area contributed by atoms with Crippen molar-refractivity contribution < 1.29 is 19.0 Å². The van der Waals surface area contributed by atoms with Gasteiger partial charge in [0.15, 0.2) is 0 Å². The molecule has 0 atom stereocenters. The summed E-state index contributed by atoms with van der Waals surface area (Å²) in [5.74, 6) is 0.661. The van der Waals surface area contributed by atoms with Gasteiger partial charge < -0.3 is 14.2 Å². The number of hydrogen-bond acceptors (Lipinski definition) is 4. The first-order valence-corrected chi connectivity index (χ1v) is 5.67. The minimum Gasteiger partial charge on any atom is -0.491 e. The monoisotopic (exact) mass is 250 g/mol. The van der Waals surface area contributed by atoms with Gasteiger partial charge in [-0.2, -0.15) is 0 Å². The van der Waals surface area contributed by atoms with Crippen molar-refractivity contribution in [3.63, 3.8) is 0 Å². The minimum atomic E-state index is 0.458. The molecule has 0 bridgehead atoms. The zero-order chi connectivity index (χ0) is 13.2. The van der Waals surface area contributed by atoms with Crippen molar-refractivity contribution in [2.45, 2.75) is 0 Å². The van der Waals surface area contributed by atoms with E-state index >= 15 is 0 Å². The number of methoxy groups -OCH3 is 2. The summed E-state index contributed by atoms with van der Waals surface area (Å²) in [5.41, 5.74) is 1.49. The van der Waals surface area contributed by atoms with Gasteiger partial charge in [0, 0.05) is 19.8 Å². The summed E-state index contributed by atoms with van der Waals surface area (Å²) in [4.78, 5) is 10.8. The maximum Gasteiger partial charge on any atom is 0.150 e. The molecule has 18 heavy (non-hydrogen) atoms. The number of ether oxygens (including phenoxy) is 3. The Kier molecular flexibility index (Phi) is 6.76. The normalized spacial score (nSPS) is 10.8. The molecule has 0 fully saturated rings. The highest BCUT2D eigenvalue weighted by Crippen LogP contribution is 2.17. The number of benzene rings is 1. The summed E-state index contributed by atoms with van der Waals surface area (Å²) >= 11 is 0. The van der Waals surface area contributed by atoms with E-state index in [0.29, 0.717) is 31.1 Å². The zero-order valence-corrected chi connectivity index (χ0v) is 10.7. The first kappa shape index (κ1) is 14.4. The fraction of sp³-hybridized carbons (Fsp3) is 0.357. The van der Waals surface area contributed by atoms with Crippen molar-refractivity contribution in [2.75, 3.05) is 34.0 Å². The quantitative estimate of drug-likeness (QED) is 0.524. The highest BCUT2D eigenvalue weighted by atomic mass is 16.5. The molecule has 4 nitrogen and oxygen atoms in total. The molecule has 0 amide bonds. The second-order valence-corrected chi connectivity index (χ2v) is 3.65. The van der Waals surface area contributed by atoms with Crippen molar-refractivity contribution in [1.82, 2.24) is 0 Å². The summed E-state index contributed by atoms with van der Waals surface area (Å²) in [6.45, 7) is 1.51. The molecule has 0 aromatic heterocycles. The molecule has 4 heteroatoms. The van der Waals surface area contributed by atoms with Crippen molar-refractivity contribution in [3.05, 3.63) is 35.4 Å². The predicted octanol–water partition coefficient (Wildman–Crippen LogP) is 2.18. The maximum absolute atomic E-state index is 10.8. The molecular formula is C14H18O4. The fourth-order valence-electron chi connectivity index (χ4n) is 1.42. The summed E-state index contributed by atoms with van der Waals surface area (Å²) < 4.78 is 15.3. The third kappa shape index (κ3) is 5.12. The molecule has 0 saturated carbocycles. The van der Waals surface area contributed by atoms with Crippen molar-refractivity contribution in [1.29, 1.82) is 0 Å². The van der Waals surface area contributed by atoms with E-state index in [1.54, 1.807) is 26.4 Å². The molecule has 1 aromatic carbocycles. The van der Waals surface area contributed by atoms with Crippen LogP contribution in [0.4, 0.5) is 0 Å². The highest BCUT2D eigenvalue weighted by Gasteiger charge is 2.00. The third-order valence-electron chi connectivity index (χ3n) is 2.22. The average molecular weight is 250 g/mol. The van der Waals surface area contributed by atoms with Gasteiger partial charge in [-0.1, -0.05) is 12.2 Å². The standard InChI is InChI=1S/C14H18O4/c1-16-5-3-4-12-8-13(11-15)10-14(9-12)18-7-6-17-2/h3-4,8-11H,5-7H2,1-2H3. The number of rotatable bonds is 8. The van der Waals surface area contributed by atoms with Crippen LogP contribution in [0.15, 0.2) is 24.3 Å². The lowest BCUT2D eigenvalue weighted by Gasteiger charge is -2.07. The van der Waals surface area contributed by atoms with Gasteiger partial charge in [-0.3, -0.25) is 4.79 Å². The number of carbonyl (C=O) groups excluding carboxylic acids is 1. The largest absolute Gasteiger partial charge is 0.491 e. The Labute approximate surface area is 107 Å². The molecule has 0 N–H and O–H groups in total. The van der Waals surface area contributed by atoms with Crippen LogP contribution in [0.2, 0.25) is 0 Å². The van der Waals surface area contributed by atoms with Crippen molar-refractivity contribution >= 4 is 12.4 Å². The van der Waals surface area contributed by atoms with E-state index in [9.17, 15) is 4.79 Å². The molecule has 1 aromatic rings. The second kappa shape index (κ2) is 8.44. The molecule has 0 aliphatic carbocycles. The van der Waals surface area contributed by atoms with Crippen LogP contribution in [-0.4, -0.2) is 40.3 Å². The van der Waals surface area contributed by atoms with E-state index in [1.807, 2.05) is 18.2 Å². The summed E-state index contributed by atoms with van der Waals surface area (Å²) in [6.07, 6.45) is 4.57. The molecule has 0 aliphatic rings. The van der Waals surface area contributed by atoms with Gasteiger partial charge in [0.1, 0.15) is 18.6 Å². The number of hydrogen-bond donors (Lipinski definition) is 0. The first-order chi connectivity index (χ1) is 8.80. The van der Waals surface area contributed by atoms with Gasteiger partial charge >= 0.3 is 0 Å². The molecule has 0 radical (unpaired) electrons. The van der Waals surface area contributed by atoms with E-state index in [2.05, 4.69) is 0 Å². The third-order valence-corrected chi connectivity index (χ3v) is 2.22. The van der Waals surface area contributed by atoms with Gasteiger partial charge in [-0.05, 0) is 23.8 Å². The summed E-state index contributed by atoms with van der Waals surface area (Å²) in [6, 6.07) is 5.37. The van der Waals surface area contributed by atoms with Crippen molar-refractivity contribution in [3.8, 4) is 5.75 Å². The molecular weight excluding hydrogens is 232 g/mol. The smallest absolute Gasteiger partial charge is 0.150 e. The Morgan fingerprint density at radius 1 is 1.06 bits per heavy atom. The average Bonchev–Trinajstić information content (AvgIpc) is 2.39. The molecule has 0 heterocycles. The van der Waals surface area contributed by atoms with Crippen molar-refractivity contribution in [2.24, 2.45) is 0 Å². The maximum atomic E-state index is 10.8. The summed E-state index contributed by atoms with van der Waals surface area (Å²) in [7, 11) is 3.25. The lowest BCUT2D eigenvalue weighted by Crippen LogP contribution is -2.04. The Bertz CT molecular complexity index is 399. The van der Waals surface area contributed by atoms with Crippen LogP contribution in [-0.2, 0) is 9.47 Å². The van der Waals surface area contributed by atoms with Gasteiger partial charge in [0.05, 0.1) is 13.2 Å².